The number of rotatable bonds is 7. The number of hydrogen-bond acceptors (Lipinski definition) is 5. The van der Waals surface area contributed by atoms with Gasteiger partial charge in [0.05, 0.1) is 24.3 Å². The first-order valence-electron chi connectivity index (χ1n) is 5.54. The predicted octanol–water partition coefficient (Wildman–Crippen LogP) is 0.993. The minimum Gasteiger partial charge on any atom is -0.492 e. The summed E-state index contributed by atoms with van der Waals surface area (Å²) in [5, 5.41) is 8.45. The molecule has 0 aliphatic rings. The Morgan fingerprint density at radius 2 is 2.21 bits per heavy atom. The monoisotopic (exact) mass is 285 g/mol. The van der Waals surface area contributed by atoms with Gasteiger partial charge in [0.15, 0.2) is 0 Å². The topological polar surface area (TPSA) is 93.6 Å². The molecule has 6 nitrogen and oxygen atoms in total. The molecule has 0 bridgehead atoms. The number of hydrogen-bond donors (Lipinski definition) is 1. The molecule has 1 aromatic rings. The lowest BCUT2D eigenvalue weighted by Crippen LogP contribution is -2.08. The van der Waals surface area contributed by atoms with Gasteiger partial charge in [-0.3, -0.25) is 4.98 Å². The largest absolute Gasteiger partial charge is 0.492 e. The maximum Gasteiger partial charge on any atom is 0.328 e. The highest BCUT2D eigenvalue weighted by Gasteiger charge is 2.02. The van der Waals surface area contributed by atoms with Crippen LogP contribution < -0.4 is 4.74 Å². The summed E-state index contributed by atoms with van der Waals surface area (Å²) in [6.45, 7) is 0.291. The van der Waals surface area contributed by atoms with Crippen LogP contribution in [0.3, 0.4) is 0 Å². The minimum absolute atomic E-state index is 0.0832. The van der Waals surface area contributed by atoms with E-state index in [0.29, 0.717) is 24.5 Å². The molecule has 1 aromatic heterocycles. The van der Waals surface area contributed by atoms with E-state index in [1.165, 1.54) is 18.5 Å². The van der Waals surface area contributed by atoms with Crippen LogP contribution in [0.4, 0.5) is 0 Å². The quantitative estimate of drug-likeness (QED) is 0.593. The molecule has 7 heteroatoms. The number of pyridine rings is 1. The molecule has 0 aliphatic carbocycles. The number of carboxylic acids is 1. The molecule has 0 amide bonds. The molecular formula is C12H15NO5S. The van der Waals surface area contributed by atoms with Crippen molar-refractivity contribution < 1.29 is 23.1 Å². The Morgan fingerprint density at radius 3 is 2.74 bits per heavy atom. The van der Waals surface area contributed by atoms with Crippen LogP contribution in [0, 0.1) is 0 Å². The van der Waals surface area contributed by atoms with E-state index in [4.69, 9.17) is 9.84 Å². The molecule has 0 atom stereocenters. The molecule has 0 fully saturated rings. The SMILES string of the molecule is CS(=O)(=O)CCCOc1ccc(C=CC(=O)O)nc1. The fraction of sp³-hybridized carbons (Fsp3) is 0.333. The second kappa shape index (κ2) is 6.89. The molecule has 104 valence electrons. The number of carboxylic acid groups (broad SMARTS) is 1. The second-order valence-electron chi connectivity index (χ2n) is 3.92. The number of carbonyl (C=O) groups is 1. The van der Waals surface area contributed by atoms with E-state index < -0.39 is 15.8 Å². The Hall–Kier alpha value is -1.89. The smallest absolute Gasteiger partial charge is 0.328 e. The average molecular weight is 285 g/mol. The van der Waals surface area contributed by atoms with Crippen LogP contribution in [0.15, 0.2) is 24.4 Å². The zero-order valence-corrected chi connectivity index (χ0v) is 11.3. The Kier molecular flexibility index (Phi) is 5.50. The van der Waals surface area contributed by atoms with E-state index in [1.807, 2.05) is 0 Å². The fourth-order valence-corrected chi connectivity index (χ4v) is 1.89. The van der Waals surface area contributed by atoms with Gasteiger partial charge in [0.1, 0.15) is 15.6 Å². The number of ether oxygens (including phenoxy) is 1. The predicted molar refractivity (Wildman–Crippen MR) is 70.7 cm³/mol. The first-order chi connectivity index (χ1) is 8.87. The van der Waals surface area contributed by atoms with Gasteiger partial charge in [-0.25, -0.2) is 13.2 Å². The highest BCUT2D eigenvalue weighted by atomic mass is 32.2. The number of aliphatic carboxylic acids is 1. The van der Waals surface area contributed by atoms with Gasteiger partial charge in [0.2, 0.25) is 0 Å². The first kappa shape index (κ1) is 15.2. The lowest BCUT2D eigenvalue weighted by atomic mass is 10.3. The van der Waals surface area contributed by atoms with Crippen molar-refractivity contribution in [3.63, 3.8) is 0 Å². The molecule has 1 N–H and O–H groups in total. The molecule has 0 unspecified atom stereocenters. The summed E-state index contributed by atoms with van der Waals surface area (Å²) in [7, 11) is -2.96. The van der Waals surface area contributed by atoms with Crippen LogP contribution in [0.5, 0.6) is 5.75 Å². The highest BCUT2D eigenvalue weighted by Crippen LogP contribution is 2.10. The summed E-state index contributed by atoms with van der Waals surface area (Å²) < 4.78 is 27.1. The maximum absolute atomic E-state index is 10.9. The molecule has 0 radical (unpaired) electrons. The van der Waals surface area contributed by atoms with Gasteiger partial charge in [-0.15, -0.1) is 0 Å². The molecule has 0 saturated carbocycles. The molecule has 1 rings (SSSR count). The lowest BCUT2D eigenvalue weighted by molar-refractivity contribution is -0.131. The third kappa shape index (κ3) is 7.20. The normalized spacial score (nSPS) is 11.6. The van der Waals surface area contributed by atoms with Gasteiger partial charge in [-0.1, -0.05) is 0 Å². The van der Waals surface area contributed by atoms with Crippen LogP contribution in [-0.4, -0.2) is 43.1 Å². The van der Waals surface area contributed by atoms with Gasteiger partial charge in [-0.05, 0) is 24.6 Å². The van der Waals surface area contributed by atoms with Crippen molar-refractivity contribution in [1.82, 2.24) is 4.98 Å². The lowest BCUT2D eigenvalue weighted by Gasteiger charge is -2.05. The summed E-state index contributed by atoms with van der Waals surface area (Å²) in [5.41, 5.74) is 0.505. The Morgan fingerprint density at radius 1 is 1.47 bits per heavy atom. The zero-order valence-electron chi connectivity index (χ0n) is 10.4. The van der Waals surface area contributed by atoms with Crippen molar-refractivity contribution >= 4 is 21.9 Å². The average Bonchev–Trinajstić information content (AvgIpc) is 2.32. The van der Waals surface area contributed by atoms with E-state index in [2.05, 4.69) is 4.98 Å². The van der Waals surface area contributed by atoms with Crippen LogP contribution >= 0.6 is 0 Å². The zero-order chi connectivity index (χ0) is 14.3. The summed E-state index contributed by atoms with van der Waals surface area (Å²) in [5.74, 6) is -0.441. The number of aromatic nitrogens is 1. The van der Waals surface area contributed by atoms with Crippen LogP contribution in [0.1, 0.15) is 12.1 Å². The summed E-state index contributed by atoms with van der Waals surface area (Å²) in [6.07, 6.45) is 5.42. The van der Waals surface area contributed by atoms with E-state index >= 15 is 0 Å². The molecule has 1 heterocycles. The molecule has 0 saturated heterocycles. The van der Waals surface area contributed by atoms with Crippen LogP contribution in [0.2, 0.25) is 0 Å². The van der Waals surface area contributed by atoms with Crippen LogP contribution in [-0.2, 0) is 14.6 Å². The van der Waals surface area contributed by atoms with Crippen molar-refractivity contribution in [3.8, 4) is 5.75 Å². The first-order valence-corrected chi connectivity index (χ1v) is 7.60. The van der Waals surface area contributed by atoms with Crippen molar-refractivity contribution in [2.24, 2.45) is 0 Å². The summed E-state index contributed by atoms with van der Waals surface area (Å²) in [4.78, 5) is 14.3. The van der Waals surface area contributed by atoms with Crippen molar-refractivity contribution in [3.05, 3.63) is 30.1 Å². The van der Waals surface area contributed by atoms with E-state index in [0.717, 1.165) is 6.08 Å². The summed E-state index contributed by atoms with van der Waals surface area (Å²) >= 11 is 0. The van der Waals surface area contributed by atoms with Crippen molar-refractivity contribution in [2.45, 2.75) is 6.42 Å². The molecule has 19 heavy (non-hydrogen) atoms. The van der Waals surface area contributed by atoms with E-state index in [1.54, 1.807) is 12.1 Å². The molecule has 0 aliphatic heterocycles. The van der Waals surface area contributed by atoms with E-state index in [-0.39, 0.29) is 5.75 Å². The third-order valence-electron chi connectivity index (χ3n) is 2.08. The third-order valence-corrected chi connectivity index (χ3v) is 3.11. The minimum atomic E-state index is -2.96. The van der Waals surface area contributed by atoms with Crippen molar-refractivity contribution in [2.75, 3.05) is 18.6 Å². The molecular weight excluding hydrogens is 270 g/mol. The van der Waals surface area contributed by atoms with Gasteiger partial charge in [-0.2, -0.15) is 0 Å². The molecule has 0 spiro atoms. The van der Waals surface area contributed by atoms with Gasteiger partial charge >= 0.3 is 5.97 Å². The van der Waals surface area contributed by atoms with Gasteiger partial charge < -0.3 is 9.84 Å². The number of nitrogens with zero attached hydrogens (tertiary/aromatic N) is 1. The van der Waals surface area contributed by atoms with Crippen LogP contribution in [0.25, 0.3) is 6.08 Å². The Bertz CT molecular complexity index is 548. The second-order valence-corrected chi connectivity index (χ2v) is 6.18. The van der Waals surface area contributed by atoms with Gasteiger partial charge in [0.25, 0.3) is 0 Å². The molecule has 0 aromatic carbocycles. The number of sulfone groups is 1. The maximum atomic E-state index is 10.9. The van der Waals surface area contributed by atoms with Crippen molar-refractivity contribution in [1.29, 1.82) is 0 Å². The summed E-state index contributed by atoms with van der Waals surface area (Å²) in [6, 6.07) is 3.26. The Balaban J connectivity index is 2.42. The highest BCUT2D eigenvalue weighted by molar-refractivity contribution is 7.90. The van der Waals surface area contributed by atoms with Gasteiger partial charge in [0, 0.05) is 12.3 Å². The van der Waals surface area contributed by atoms with E-state index in [9.17, 15) is 13.2 Å². The fourth-order valence-electron chi connectivity index (χ4n) is 1.24. The Labute approximate surface area is 111 Å². The standard InChI is InChI=1S/C12H15NO5S/c1-19(16,17)8-2-7-18-11-5-3-10(13-9-11)4-6-12(14)15/h3-6,9H,2,7-8H2,1H3,(H,14,15).